The van der Waals surface area contributed by atoms with Crippen LogP contribution in [0.2, 0.25) is 0 Å². The zero-order valence-corrected chi connectivity index (χ0v) is 10.2. The van der Waals surface area contributed by atoms with Gasteiger partial charge in [-0.2, -0.15) is 0 Å². The molecule has 94 valence electrons. The molecule has 0 aromatic heterocycles. The number of rotatable bonds is 7. The van der Waals surface area contributed by atoms with Gasteiger partial charge in [-0.25, -0.2) is 0 Å². The largest absolute Gasteiger partial charge is 0.469 e. The van der Waals surface area contributed by atoms with Crippen LogP contribution in [-0.4, -0.2) is 26.2 Å². The van der Waals surface area contributed by atoms with Crippen molar-refractivity contribution < 1.29 is 9.53 Å². The van der Waals surface area contributed by atoms with Gasteiger partial charge in [-0.1, -0.05) is 12.1 Å². The lowest BCUT2D eigenvalue weighted by molar-refractivity contribution is -0.140. The quantitative estimate of drug-likeness (QED) is 0.426. The number of ether oxygens (including phenoxy) is 1. The van der Waals surface area contributed by atoms with Crippen molar-refractivity contribution in [2.75, 3.05) is 25.9 Å². The summed E-state index contributed by atoms with van der Waals surface area (Å²) in [6.07, 6.45) is 2.23. The van der Waals surface area contributed by atoms with E-state index in [1.54, 1.807) is 0 Å². The van der Waals surface area contributed by atoms with E-state index < -0.39 is 0 Å². The first-order valence-corrected chi connectivity index (χ1v) is 5.84. The lowest BCUT2D eigenvalue weighted by atomic mass is 10.1. The number of nitrogens with two attached hydrogens (primary N) is 1. The molecule has 0 bridgehead atoms. The van der Waals surface area contributed by atoms with Gasteiger partial charge in [0.25, 0.3) is 0 Å². The van der Waals surface area contributed by atoms with Crippen molar-refractivity contribution in [3.63, 3.8) is 0 Å². The lowest BCUT2D eigenvalue weighted by Gasteiger charge is -2.05. The maximum Gasteiger partial charge on any atom is 0.305 e. The maximum atomic E-state index is 10.8. The second-order valence-electron chi connectivity index (χ2n) is 3.92. The molecule has 0 unspecified atom stereocenters. The third-order valence-corrected chi connectivity index (χ3v) is 2.50. The van der Waals surface area contributed by atoms with Gasteiger partial charge in [0.2, 0.25) is 0 Å². The Hall–Kier alpha value is -1.55. The molecule has 17 heavy (non-hydrogen) atoms. The maximum absolute atomic E-state index is 10.8. The van der Waals surface area contributed by atoms with Gasteiger partial charge in [-0.3, -0.25) is 4.79 Å². The van der Waals surface area contributed by atoms with Gasteiger partial charge in [0.05, 0.1) is 7.11 Å². The second-order valence-corrected chi connectivity index (χ2v) is 3.92. The number of nitrogen functional groups attached to an aromatic ring is 1. The molecule has 0 amide bonds. The van der Waals surface area contributed by atoms with Gasteiger partial charge in [-0.15, -0.1) is 0 Å². The Kier molecular flexibility index (Phi) is 6.10. The molecule has 3 N–H and O–H groups in total. The number of carbonyl (C=O) groups is 1. The highest BCUT2D eigenvalue weighted by atomic mass is 16.5. The molecule has 0 radical (unpaired) electrons. The second kappa shape index (κ2) is 7.68. The van der Waals surface area contributed by atoms with E-state index in [2.05, 4.69) is 16.1 Å². The van der Waals surface area contributed by atoms with Crippen molar-refractivity contribution in [3.05, 3.63) is 29.8 Å². The molecule has 4 nitrogen and oxygen atoms in total. The van der Waals surface area contributed by atoms with E-state index in [0.717, 1.165) is 31.6 Å². The summed E-state index contributed by atoms with van der Waals surface area (Å²) in [5, 5.41) is 3.28. The molecule has 0 saturated carbocycles. The molecule has 4 heteroatoms. The molecular formula is C13H20N2O2. The fourth-order valence-electron chi connectivity index (χ4n) is 1.57. The van der Waals surface area contributed by atoms with Gasteiger partial charge in [0, 0.05) is 12.1 Å². The number of methoxy groups -OCH3 is 1. The van der Waals surface area contributed by atoms with E-state index in [9.17, 15) is 4.79 Å². The molecule has 0 heterocycles. The van der Waals surface area contributed by atoms with E-state index in [1.807, 2.05) is 18.2 Å². The minimum absolute atomic E-state index is 0.150. The highest BCUT2D eigenvalue weighted by Crippen LogP contribution is 2.06. The van der Waals surface area contributed by atoms with Crippen LogP contribution in [0.5, 0.6) is 0 Å². The smallest absolute Gasteiger partial charge is 0.305 e. The highest BCUT2D eigenvalue weighted by molar-refractivity contribution is 5.69. The van der Waals surface area contributed by atoms with Crippen LogP contribution in [0.25, 0.3) is 0 Å². The number of hydrogen-bond donors (Lipinski definition) is 2. The summed E-state index contributed by atoms with van der Waals surface area (Å²) in [5.74, 6) is -0.150. The van der Waals surface area contributed by atoms with Crippen LogP contribution in [0.3, 0.4) is 0 Å². The zero-order valence-electron chi connectivity index (χ0n) is 10.2. The van der Waals surface area contributed by atoms with Gasteiger partial charge in [0.15, 0.2) is 0 Å². The Labute approximate surface area is 102 Å². The number of esters is 1. The van der Waals surface area contributed by atoms with Crippen molar-refractivity contribution >= 4 is 11.7 Å². The molecular weight excluding hydrogens is 216 g/mol. The van der Waals surface area contributed by atoms with Crippen molar-refractivity contribution in [1.29, 1.82) is 0 Å². The Morgan fingerprint density at radius 2 is 2.24 bits per heavy atom. The van der Waals surface area contributed by atoms with Crippen LogP contribution >= 0.6 is 0 Å². The number of nitrogens with one attached hydrogen (secondary N) is 1. The number of hydrogen-bond acceptors (Lipinski definition) is 4. The van der Waals surface area contributed by atoms with Crippen LogP contribution in [0.15, 0.2) is 24.3 Å². The first-order valence-electron chi connectivity index (χ1n) is 5.84. The summed E-state index contributed by atoms with van der Waals surface area (Å²) in [7, 11) is 1.41. The summed E-state index contributed by atoms with van der Waals surface area (Å²) in [6.45, 7) is 1.72. The normalized spacial score (nSPS) is 10.2. The molecule has 0 spiro atoms. The molecule has 0 aliphatic rings. The number of carbonyl (C=O) groups excluding carboxylic acids is 1. The first-order chi connectivity index (χ1) is 8.22. The summed E-state index contributed by atoms with van der Waals surface area (Å²) < 4.78 is 4.56. The minimum Gasteiger partial charge on any atom is -0.469 e. The topological polar surface area (TPSA) is 64.3 Å². The Morgan fingerprint density at radius 3 is 2.94 bits per heavy atom. The van der Waals surface area contributed by atoms with Crippen molar-refractivity contribution in [3.8, 4) is 0 Å². The van der Waals surface area contributed by atoms with E-state index in [-0.39, 0.29) is 5.97 Å². The monoisotopic (exact) mass is 236 g/mol. The van der Waals surface area contributed by atoms with Crippen LogP contribution in [0.1, 0.15) is 18.4 Å². The predicted molar refractivity (Wildman–Crippen MR) is 68.7 cm³/mol. The SMILES string of the molecule is COC(=O)CCCNCCc1cccc(N)c1. The van der Waals surface area contributed by atoms with Crippen LogP contribution in [0, 0.1) is 0 Å². The third-order valence-electron chi connectivity index (χ3n) is 2.50. The van der Waals surface area contributed by atoms with Crippen molar-refractivity contribution in [1.82, 2.24) is 5.32 Å². The molecule has 1 aromatic rings. The third kappa shape index (κ3) is 5.92. The van der Waals surface area contributed by atoms with Gasteiger partial charge in [-0.05, 0) is 43.6 Å². The average Bonchev–Trinajstić information content (AvgIpc) is 2.33. The zero-order chi connectivity index (χ0) is 12.5. The van der Waals surface area contributed by atoms with Gasteiger partial charge in [0.1, 0.15) is 0 Å². The molecule has 0 aliphatic heterocycles. The van der Waals surface area contributed by atoms with E-state index in [1.165, 1.54) is 12.7 Å². The van der Waals surface area contributed by atoms with E-state index in [4.69, 9.17) is 5.73 Å². The first kappa shape index (κ1) is 13.5. The van der Waals surface area contributed by atoms with Crippen molar-refractivity contribution in [2.24, 2.45) is 0 Å². The molecule has 1 rings (SSSR count). The fourth-order valence-corrected chi connectivity index (χ4v) is 1.57. The van der Waals surface area contributed by atoms with Crippen LogP contribution in [-0.2, 0) is 16.0 Å². The lowest BCUT2D eigenvalue weighted by Crippen LogP contribution is -2.19. The summed E-state index contributed by atoms with van der Waals surface area (Å²) in [6, 6.07) is 7.89. The molecule has 0 aliphatic carbocycles. The fraction of sp³-hybridized carbons (Fsp3) is 0.462. The minimum atomic E-state index is -0.150. The average molecular weight is 236 g/mol. The molecule has 0 saturated heterocycles. The summed E-state index contributed by atoms with van der Waals surface area (Å²) >= 11 is 0. The highest BCUT2D eigenvalue weighted by Gasteiger charge is 1.98. The van der Waals surface area contributed by atoms with E-state index in [0.29, 0.717) is 6.42 Å². The number of anilines is 1. The van der Waals surface area contributed by atoms with Gasteiger partial charge >= 0.3 is 5.97 Å². The van der Waals surface area contributed by atoms with Gasteiger partial charge < -0.3 is 15.8 Å². The summed E-state index contributed by atoms with van der Waals surface area (Å²) in [5.41, 5.74) is 7.71. The van der Waals surface area contributed by atoms with Crippen LogP contribution < -0.4 is 11.1 Å². The summed E-state index contributed by atoms with van der Waals surface area (Å²) in [4.78, 5) is 10.8. The Morgan fingerprint density at radius 1 is 1.41 bits per heavy atom. The van der Waals surface area contributed by atoms with Crippen molar-refractivity contribution in [2.45, 2.75) is 19.3 Å². The molecule has 0 atom stereocenters. The standard InChI is InChI=1S/C13H20N2O2/c1-17-13(16)6-3-8-15-9-7-11-4-2-5-12(14)10-11/h2,4-5,10,15H,3,6-9,14H2,1H3. The predicted octanol–water partition coefficient (Wildman–Crippen LogP) is 1.35. The Bertz CT molecular complexity index is 353. The number of benzene rings is 1. The van der Waals surface area contributed by atoms with E-state index >= 15 is 0 Å². The Balaban J connectivity index is 2.06. The van der Waals surface area contributed by atoms with Crippen LogP contribution in [0.4, 0.5) is 5.69 Å². The molecule has 1 aromatic carbocycles. The molecule has 0 fully saturated rings.